The Morgan fingerprint density at radius 2 is 1.79 bits per heavy atom. The van der Waals surface area contributed by atoms with E-state index in [4.69, 9.17) is 16.3 Å². The molecule has 0 saturated heterocycles. The van der Waals surface area contributed by atoms with Crippen molar-refractivity contribution in [2.45, 2.75) is 13.2 Å². The molecule has 0 aliphatic carbocycles. The molecule has 0 amide bonds. The summed E-state index contributed by atoms with van der Waals surface area (Å²) in [6.07, 6.45) is 0. The largest absolute Gasteiger partial charge is 0.380 e. The van der Waals surface area contributed by atoms with Gasteiger partial charge in [-0.2, -0.15) is 0 Å². The molecule has 19 heavy (non-hydrogen) atoms. The molecule has 0 unspecified atom stereocenters. The van der Waals surface area contributed by atoms with Gasteiger partial charge in [-0.15, -0.1) is 0 Å². The van der Waals surface area contributed by atoms with Gasteiger partial charge in [-0.05, 0) is 29.3 Å². The van der Waals surface area contributed by atoms with Crippen LogP contribution in [0.3, 0.4) is 0 Å². The number of halogens is 2. The summed E-state index contributed by atoms with van der Waals surface area (Å²) >= 11 is 5.70. The topological polar surface area (TPSA) is 21.3 Å². The normalized spacial score (nSPS) is 10.5. The number of hydrogen-bond donors (Lipinski definition) is 1. The lowest BCUT2D eigenvalue weighted by atomic mass is 10.1. The van der Waals surface area contributed by atoms with Gasteiger partial charge in [-0.3, -0.25) is 0 Å². The van der Waals surface area contributed by atoms with E-state index in [-0.39, 0.29) is 5.82 Å². The Kier molecular flexibility index (Phi) is 4.77. The van der Waals surface area contributed by atoms with E-state index in [1.807, 2.05) is 24.3 Å². The quantitative estimate of drug-likeness (QED) is 0.884. The van der Waals surface area contributed by atoms with Gasteiger partial charge in [0.1, 0.15) is 5.82 Å². The highest BCUT2D eigenvalue weighted by atomic mass is 35.5. The predicted octanol–water partition coefficient (Wildman–Crippen LogP) is 4.24. The van der Waals surface area contributed by atoms with E-state index in [0.717, 1.165) is 11.1 Å². The zero-order valence-corrected chi connectivity index (χ0v) is 11.4. The number of ether oxygens (including phenoxy) is 1. The summed E-state index contributed by atoms with van der Waals surface area (Å²) in [5.41, 5.74) is 2.64. The van der Waals surface area contributed by atoms with E-state index in [2.05, 4.69) is 5.32 Å². The van der Waals surface area contributed by atoms with Crippen LogP contribution in [0.15, 0.2) is 42.5 Å². The van der Waals surface area contributed by atoms with Gasteiger partial charge in [0.2, 0.25) is 0 Å². The van der Waals surface area contributed by atoms with Gasteiger partial charge in [0.25, 0.3) is 0 Å². The Balaban J connectivity index is 1.98. The van der Waals surface area contributed by atoms with Crippen LogP contribution in [0.5, 0.6) is 0 Å². The molecular formula is C15H15ClFNO. The number of methoxy groups -OCH3 is 1. The van der Waals surface area contributed by atoms with Gasteiger partial charge >= 0.3 is 0 Å². The molecule has 0 radical (unpaired) electrons. The first kappa shape index (κ1) is 13.8. The second kappa shape index (κ2) is 6.55. The SMILES string of the molecule is COCc1ccc(CNc2ccc(Cl)cc2F)cc1. The first-order valence-corrected chi connectivity index (χ1v) is 6.32. The van der Waals surface area contributed by atoms with Crippen molar-refractivity contribution < 1.29 is 9.13 Å². The Bertz CT molecular complexity index is 542. The fourth-order valence-corrected chi connectivity index (χ4v) is 1.91. The van der Waals surface area contributed by atoms with E-state index in [9.17, 15) is 4.39 Å². The van der Waals surface area contributed by atoms with Crippen LogP contribution < -0.4 is 5.32 Å². The van der Waals surface area contributed by atoms with Crippen LogP contribution in [-0.2, 0) is 17.9 Å². The minimum atomic E-state index is -0.344. The molecule has 0 fully saturated rings. The molecule has 0 heterocycles. The van der Waals surface area contributed by atoms with Crippen LogP contribution >= 0.6 is 11.6 Å². The summed E-state index contributed by atoms with van der Waals surface area (Å²) in [5, 5.41) is 3.44. The summed E-state index contributed by atoms with van der Waals surface area (Å²) in [7, 11) is 1.67. The van der Waals surface area contributed by atoms with Crippen molar-refractivity contribution in [2.24, 2.45) is 0 Å². The van der Waals surface area contributed by atoms with Crippen molar-refractivity contribution in [3.63, 3.8) is 0 Å². The van der Waals surface area contributed by atoms with Crippen molar-refractivity contribution in [1.29, 1.82) is 0 Å². The lowest BCUT2D eigenvalue weighted by molar-refractivity contribution is 0.185. The van der Waals surface area contributed by atoms with Crippen molar-refractivity contribution in [1.82, 2.24) is 0 Å². The number of benzene rings is 2. The van der Waals surface area contributed by atoms with E-state index >= 15 is 0 Å². The minimum Gasteiger partial charge on any atom is -0.380 e. The minimum absolute atomic E-state index is 0.344. The lowest BCUT2D eigenvalue weighted by Gasteiger charge is -2.08. The van der Waals surface area contributed by atoms with Gasteiger partial charge in [0.05, 0.1) is 12.3 Å². The Morgan fingerprint density at radius 3 is 2.42 bits per heavy atom. The zero-order chi connectivity index (χ0) is 13.7. The van der Waals surface area contributed by atoms with E-state index in [1.165, 1.54) is 6.07 Å². The Morgan fingerprint density at radius 1 is 1.11 bits per heavy atom. The molecule has 0 aromatic heterocycles. The fraction of sp³-hybridized carbons (Fsp3) is 0.200. The van der Waals surface area contributed by atoms with Crippen LogP contribution in [-0.4, -0.2) is 7.11 Å². The second-order valence-electron chi connectivity index (χ2n) is 4.23. The molecule has 2 nitrogen and oxygen atoms in total. The summed E-state index contributed by atoms with van der Waals surface area (Å²) in [5.74, 6) is -0.344. The highest BCUT2D eigenvalue weighted by molar-refractivity contribution is 6.30. The number of nitrogens with one attached hydrogen (secondary N) is 1. The van der Waals surface area contributed by atoms with Crippen molar-refractivity contribution >= 4 is 17.3 Å². The molecule has 0 spiro atoms. The highest BCUT2D eigenvalue weighted by Crippen LogP contribution is 2.19. The molecule has 0 atom stereocenters. The van der Waals surface area contributed by atoms with Crippen LogP contribution in [0.25, 0.3) is 0 Å². The molecular weight excluding hydrogens is 265 g/mol. The highest BCUT2D eigenvalue weighted by Gasteiger charge is 2.02. The molecule has 4 heteroatoms. The van der Waals surface area contributed by atoms with E-state index in [0.29, 0.717) is 23.9 Å². The molecule has 0 saturated carbocycles. The maximum Gasteiger partial charge on any atom is 0.147 e. The first-order valence-electron chi connectivity index (χ1n) is 5.94. The molecule has 0 bridgehead atoms. The molecule has 2 aromatic rings. The third kappa shape index (κ3) is 3.94. The monoisotopic (exact) mass is 279 g/mol. The maximum atomic E-state index is 13.6. The summed E-state index contributed by atoms with van der Waals surface area (Å²) in [6, 6.07) is 12.6. The Labute approximate surface area is 117 Å². The van der Waals surface area contributed by atoms with Crippen LogP contribution in [0.2, 0.25) is 5.02 Å². The van der Waals surface area contributed by atoms with Crippen molar-refractivity contribution in [2.75, 3.05) is 12.4 Å². The van der Waals surface area contributed by atoms with E-state index < -0.39 is 0 Å². The van der Waals surface area contributed by atoms with Crippen LogP contribution in [0.1, 0.15) is 11.1 Å². The standard InChI is InChI=1S/C15H15ClFNO/c1-19-10-12-4-2-11(3-5-12)9-18-15-7-6-13(16)8-14(15)17/h2-8,18H,9-10H2,1H3. The summed E-state index contributed by atoms with van der Waals surface area (Å²) in [4.78, 5) is 0. The predicted molar refractivity (Wildman–Crippen MR) is 75.9 cm³/mol. The van der Waals surface area contributed by atoms with Crippen LogP contribution in [0, 0.1) is 5.82 Å². The molecule has 0 aliphatic rings. The van der Waals surface area contributed by atoms with Gasteiger partial charge < -0.3 is 10.1 Å². The average molecular weight is 280 g/mol. The average Bonchev–Trinajstić information content (AvgIpc) is 2.40. The van der Waals surface area contributed by atoms with Crippen LogP contribution in [0.4, 0.5) is 10.1 Å². The molecule has 0 aliphatic heterocycles. The molecule has 1 N–H and O–H groups in total. The third-order valence-corrected chi connectivity index (χ3v) is 2.98. The van der Waals surface area contributed by atoms with Crippen molar-refractivity contribution in [3.8, 4) is 0 Å². The second-order valence-corrected chi connectivity index (χ2v) is 4.66. The number of rotatable bonds is 5. The van der Waals surface area contributed by atoms with Gasteiger partial charge in [-0.25, -0.2) is 4.39 Å². The smallest absolute Gasteiger partial charge is 0.147 e. The third-order valence-electron chi connectivity index (χ3n) is 2.75. The fourth-order valence-electron chi connectivity index (χ4n) is 1.75. The Hall–Kier alpha value is -1.58. The molecule has 2 rings (SSSR count). The van der Waals surface area contributed by atoms with Gasteiger partial charge in [-0.1, -0.05) is 35.9 Å². The van der Waals surface area contributed by atoms with Gasteiger partial charge in [0.15, 0.2) is 0 Å². The maximum absolute atomic E-state index is 13.6. The van der Waals surface area contributed by atoms with Crippen molar-refractivity contribution in [3.05, 3.63) is 64.4 Å². The first-order chi connectivity index (χ1) is 9.19. The molecule has 100 valence electrons. The van der Waals surface area contributed by atoms with E-state index in [1.54, 1.807) is 19.2 Å². The van der Waals surface area contributed by atoms with Gasteiger partial charge in [0, 0.05) is 18.7 Å². The molecule has 2 aromatic carbocycles. The lowest BCUT2D eigenvalue weighted by Crippen LogP contribution is -2.01. The number of anilines is 1. The zero-order valence-electron chi connectivity index (χ0n) is 10.6. The summed E-state index contributed by atoms with van der Waals surface area (Å²) in [6.45, 7) is 1.16. The number of hydrogen-bond acceptors (Lipinski definition) is 2. The summed E-state index contributed by atoms with van der Waals surface area (Å²) < 4.78 is 18.6.